The first-order valence-electron chi connectivity index (χ1n) is 8.32. The Morgan fingerprint density at radius 3 is 2.68 bits per heavy atom. The van der Waals surface area contributed by atoms with Gasteiger partial charge in [-0.3, -0.25) is 9.48 Å². The molecule has 0 saturated heterocycles. The predicted molar refractivity (Wildman–Crippen MR) is 87.7 cm³/mol. The molecular formula is C17H28N4O. The van der Waals surface area contributed by atoms with E-state index in [-0.39, 0.29) is 17.9 Å². The first-order chi connectivity index (χ1) is 10.3. The molecule has 1 amide bonds. The molecule has 1 saturated carbocycles. The van der Waals surface area contributed by atoms with Gasteiger partial charge in [-0.05, 0) is 37.5 Å². The van der Waals surface area contributed by atoms with Crippen molar-refractivity contribution in [2.45, 2.75) is 53.0 Å². The van der Waals surface area contributed by atoms with Gasteiger partial charge in [-0.1, -0.05) is 20.8 Å². The second kappa shape index (κ2) is 5.28. The summed E-state index contributed by atoms with van der Waals surface area (Å²) >= 11 is 0. The number of aryl methyl sites for hydroxylation is 2. The van der Waals surface area contributed by atoms with Crippen LogP contribution in [0, 0.1) is 24.2 Å². The minimum atomic E-state index is 0.177. The molecule has 0 aromatic carbocycles. The predicted octanol–water partition coefficient (Wildman–Crippen LogP) is 2.25. The van der Waals surface area contributed by atoms with Crippen molar-refractivity contribution in [3.63, 3.8) is 0 Å². The highest BCUT2D eigenvalue weighted by Crippen LogP contribution is 2.45. The summed E-state index contributed by atoms with van der Waals surface area (Å²) in [5, 5.41) is 11.1. The van der Waals surface area contributed by atoms with E-state index >= 15 is 0 Å². The lowest BCUT2D eigenvalue weighted by Gasteiger charge is -2.43. The quantitative estimate of drug-likeness (QED) is 0.881. The number of amides is 1. The van der Waals surface area contributed by atoms with Crippen LogP contribution in [0.3, 0.4) is 0 Å². The topological polar surface area (TPSA) is 59.0 Å². The van der Waals surface area contributed by atoms with Gasteiger partial charge in [0.15, 0.2) is 0 Å². The van der Waals surface area contributed by atoms with Crippen molar-refractivity contribution in [3.8, 4) is 0 Å². The van der Waals surface area contributed by atoms with E-state index in [0.717, 1.165) is 37.3 Å². The smallest absolute Gasteiger partial charge is 0.223 e. The maximum absolute atomic E-state index is 12.4. The van der Waals surface area contributed by atoms with Gasteiger partial charge < -0.3 is 10.6 Å². The molecule has 1 aromatic heterocycles. The third kappa shape index (κ3) is 2.73. The Bertz CT molecular complexity index is 578. The Morgan fingerprint density at radius 2 is 2.05 bits per heavy atom. The molecule has 1 atom stereocenters. The molecule has 5 heteroatoms. The average molecular weight is 304 g/mol. The SMILES string of the molecule is Cc1nn(C)c2c1CC(NC(=O)C1CC(C(C)(C)C)C1)CN2. The van der Waals surface area contributed by atoms with Crippen molar-refractivity contribution >= 4 is 11.7 Å². The molecule has 5 nitrogen and oxygen atoms in total. The van der Waals surface area contributed by atoms with Crippen LogP contribution in [-0.4, -0.2) is 28.3 Å². The molecule has 0 bridgehead atoms. The number of hydrogen-bond acceptors (Lipinski definition) is 3. The van der Waals surface area contributed by atoms with Crippen LogP contribution >= 0.6 is 0 Å². The van der Waals surface area contributed by atoms with Crippen LogP contribution in [0.5, 0.6) is 0 Å². The van der Waals surface area contributed by atoms with Crippen LogP contribution in [0.4, 0.5) is 5.82 Å². The highest BCUT2D eigenvalue weighted by molar-refractivity contribution is 5.80. The van der Waals surface area contributed by atoms with E-state index in [1.165, 1.54) is 5.56 Å². The minimum absolute atomic E-state index is 0.177. The van der Waals surface area contributed by atoms with E-state index in [4.69, 9.17) is 0 Å². The maximum atomic E-state index is 12.4. The van der Waals surface area contributed by atoms with E-state index < -0.39 is 0 Å². The van der Waals surface area contributed by atoms with Crippen molar-refractivity contribution in [2.24, 2.45) is 24.3 Å². The van der Waals surface area contributed by atoms with Gasteiger partial charge in [0.1, 0.15) is 5.82 Å². The average Bonchev–Trinajstić information content (AvgIpc) is 2.61. The molecule has 2 N–H and O–H groups in total. The van der Waals surface area contributed by atoms with Gasteiger partial charge in [0, 0.05) is 25.1 Å². The van der Waals surface area contributed by atoms with Gasteiger partial charge >= 0.3 is 0 Å². The van der Waals surface area contributed by atoms with Gasteiger partial charge in [-0.15, -0.1) is 0 Å². The van der Waals surface area contributed by atoms with Crippen molar-refractivity contribution in [1.82, 2.24) is 15.1 Å². The normalized spacial score (nSPS) is 27.6. The third-order valence-corrected chi connectivity index (χ3v) is 5.39. The summed E-state index contributed by atoms with van der Waals surface area (Å²) in [6, 6.07) is 0.177. The van der Waals surface area contributed by atoms with Gasteiger partial charge in [0.25, 0.3) is 0 Å². The summed E-state index contributed by atoms with van der Waals surface area (Å²) in [7, 11) is 1.96. The van der Waals surface area contributed by atoms with Gasteiger partial charge in [-0.2, -0.15) is 5.10 Å². The monoisotopic (exact) mass is 304 g/mol. The number of rotatable bonds is 2. The number of nitrogens with one attached hydrogen (secondary N) is 2. The molecule has 1 aliphatic heterocycles. The first-order valence-corrected chi connectivity index (χ1v) is 8.32. The molecule has 1 aliphatic carbocycles. The number of carbonyl (C=O) groups excluding carboxylic acids is 1. The number of fused-ring (bicyclic) bond motifs is 1. The number of hydrogen-bond donors (Lipinski definition) is 2. The molecule has 0 spiro atoms. The zero-order valence-corrected chi connectivity index (χ0v) is 14.4. The molecule has 1 fully saturated rings. The second-order valence-corrected chi connectivity index (χ2v) is 8.06. The molecule has 2 heterocycles. The molecule has 22 heavy (non-hydrogen) atoms. The van der Waals surface area contributed by atoms with E-state index in [9.17, 15) is 4.79 Å². The zero-order valence-electron chi connectivity index (χ0n) is 14.4. The fourth-order valence-electron chi connectivity index (χ4n) is 3.67. The van der Waals surface area contributed by atoms with Gasteiger partial charge in [0.05, 0.1) is 11.7 Å². The Balaban J connectivity index is 1.55. The second-order valence-electron chi connectivity index (χ2n) is 8.06. The number of anilines is 1. The van der Waals surface area contributed by atoms with Crippen LogP contribution in [-0.2, 0) is 18.3 Å². The van der Waals surface area contributed by atoms with Crippen LogP contribution in [0.2, 0.25) is 0 Å². The lowest BCUT2D eigenvalue weighted by atomic mass is 9.63. The highest BCUT2D eigenvalue weighted by atomic mass is 16.2. The van der Waals surface area contributed by atoms with Crippen molar-refractivity contribution < 1.29 is 4.79 Å². The van der Waals surface area contributed by atoms with Gasteiger partial charge in [0.2, 0.25) is 5.91 Å². The summed E-state index contributed by atoms with van der Waals surface area (Å²) in [4.78, 5) is 12.4. The Hall–Kier alpha value is -1.52. The Labute approximate surface area is 132 Å². The Kier molecular flexibility index (Phi) is 3.69. The molecule has 1 unspecified atom stereocenters. The van der Waals surface area contributed by atoms with Crippen molar-refractivity contribution in [3.05, 3.63) is 11.3 Å². The third-order valence-electron chi connectivity index (χ3n) is 5.39. The largest absolute Gasteiger partial charge is 0.368 e. The maximum Gasteiger partial charge on any atom is 0.223 e. The lowest BCUT2D eigenvalue weighted by molar-refractivity contribution is -0.131. The summed E-state index contributed by atoms with van der Waals surface area (Å²) in [5.74, 6) is 2.22. The summed E-state index contributed by atoms with van der Waals surface area (Å²) in [6.07, 6.45) is 2.95. The molecule has 1 aromatic rings. The summed E-state index contributed by atoms with van der Waals surface area (Å²) < 4.78 is 1.89. The lowest BCUT2D eigenvalue weighted by Crippen LogP contribution is -2.49. The molecule has 2 aliphatic rings. The van der Waals surface area contributed by atoms with Crippen molar-refractivity contribution in [1.29, 1.82) is 0 Å². The molecule has 122 valence electrons. The molecule has 3 rings (SSSR count). The first kappa shape index (κ1) is 15.4. The number of nitrogens with zero attached hydrogens (tertiary/aromatic N) is 2. The molecular weight excluding hydrogens is 276 g/mol. The fourth-order valence-corrected chi connectivity index (χ4v) is 3.67. The van der Waals surface area contributed by atoms with E-state index in [2.05, 4.69) is 36.5 Å². The molecule has 0 radical (unpaired) electrons. The van der Waals surface area contributed by atoms with Crippen molar-refractivity contribution in [2.75, 3.05) is 11.9 Å². The van der Waals surface area contributed by atoms with E-state index in [1.807, 2.05) is 18.7 Å². The zero-order chi connectivity index (χ0) is 16.1. The number of aromatic nitrogens is 2. The standard InChI is InChI=1S/C17H28N4O/c1-10-14-8-13(9-18-15(14)21(5)20-10)19-16(22)11-6-12(7-11)17(2,3)4/h11-13,18H,6-9H2,1-5H3,(H,19,22). The minimum Gasteiger partial charge on any atom is -0.368 e. The van der Waals surface area contributed by atoms with E-state index in [1.54, 1.807) is 0 Å². The fraction of sp³-hybridized carbons (Fsp3) is 0.765. The summed E-state index contributed by atoms with van der Waals surface area (Å²) in [6.45, 7) is 9.62. The van der Waals surface area contributed by atoms with Crippen LogP contribution in [0.1, 0.15) is 44.9 Å². The number of carbonyl (C=O) groups is 1. The highest BCUT2D eigenvalue weighted by Gasteiger charge is 2.41. The van der Waals surface area contributed by atoms with E-state index in [0.29, 0.717) is 11.3 Å². The summed E-state index contributed by atoms with van der Waals surface area (Å²) in [5.41, 5.74) is 2.62. The van der Waals surface area contributed by atoms with Crippen LogP contribution < -0.4 is 10.6 Å². The van der Waals surface area contributed by atoms with Crippen LogP contribution in [0.25, 0.3) is 0 Å². The Morgan fingerprint density at radius 1 is 1.36 bits per heavy atom. The van der Waals surface area contributed by atoms with Gasteiger partial charge in [-0.25, -0.2) is 0 Å². The van der Waals surface area contributed by atoms with Crippen LogP contribution in [0.15, 0.2) is 0 Å².